The van der Waals surface area contributed by atoms with Gasteiger partial charge in [0.2, 0.25) is 0 Å². The number of rotatable bonds is 2. The molecule has 2 nitrogen and oxygen atoms in total. The number of hydrogen-bond donors (Lipinski definition) is 2. The minimum Gasteiger partial charge on any atom is -0.508 e. The van der Waals surface area contributed by atoms with Crippen molar-refractivity contribution in [3.05, 3.63) is 59.7 Å². The van der Waals surface area contributed by atoms with Crippen LogP contribution in [0, 0.1) is 0 Å². The summed E-state index contributed by atoms with van der Waals surface area (Å²) < 4.78 is 0. The van der Waals surface area contributed by atoms with E-state index in [1.807, 2.05) is 24.3 Å². The van der Waals surface area contributed by atoms with Crippen LogP contribution in [0.15, 0.2) is 48.5 Å². The van der Waals surface area contributed by atoms with E-state index in [1.165, 1.54) is 64.2 Å². The average Bonchev–Trinajstić information content (AvgIpc) is 2.74. The van der Waals surface area contributed by atoms with Gasteiger partial charge in [0.25, 0.3) is 0 Å². The summed E-state index contributed by atoms with van der Waals surface area (Å²) in [5, 5.41) is 21.6. The van der Waals surface area contributed by atoms with E-state index in [2.05, 4.69) is 12.1 Å². The molecular formula is C27H38O2. The smallest absolute Gasteiger partial charge is 0.119 e. The van der Waals surface area contributed by atoms with Gasteiger partial charge >= 0.3 is 0 Å². The highest BCUT2D eigenvalue weighted by Crippen LogP contribution is 2.48. The van der Waals surface area contributed by atoms with Gasteiger partial charge in [0.05, 0.1) is 0 Å². The molecule has 0 spiro atoms. The van der Waals surface area contributed by atoms with Crippen LogP contribution in [0.4, 0.5) is 0 Å². The van der Waals surface area contributed by atoms with Crippen LogP contribution < -0.4 is 0 Å². The molecule has 0 atom stereocenters. The second-order valence-electron chi connectivity index (χ2n) is 8.86. The molecule has 0 bridgehead atoms. The topological polar surface area (TPSA) is 40.5 Å². The van der Waals surface area contributed by atoms with E-state index in [0.717, 1.165) is 36.8 Å². The lowest BCUT2D eigenvalue weighted by molar-refractivity contribution is 0.355. The molecule has 2 N–H and O–H groups in total. The first-order valence-corrected chi connectivity index (χ1v) is 11.8. The third-order valence-electron chi connectivity index (χ3n) is 6.80. The van der Waals surface area contributed by atoms with Gasteiger partial charge in [-0.15, -0.1) is 0 Å². The summed E-state index contributed by atoms with van der Waals surface area (Å²) in [5.74, 6) is 0.710. The van der Waals surface area contributed by atoms with Crippen LogP contribution in [0.25, 0.3) is 0 Å². The van der Waals surface area contributed by atoms with Crippen LogP contribution in [0.3, 0.4) is 0 Å². The van der Waals surface area contributed by atoms with Crippen molar-refractivity contribution in [1.29, 1.82) is 0 Å². The van der Waals surface area contributed by atoms with Crippen molar-refractivity contribution in [2.45, 2.75) is 95.3 Å². The van der Waals surface area contributed by atoms with Gasteiger partial charge in [-0.25, -0.2) is 0 Å². The predicted molar refractivity (Wildman–Crippen MR) is 122 cm³/mol. The summed E-state index contributed by atoms with van der Waals surface area (Å²) in [4.78, 5) is 0. The molecule has 0 saturated heterocycles. The monoisotopic (exact) mass is 394 g/mol. The number of para-hydroxylation sites is 2. The molecule has 1 fully saturated rings. The van der Waals surface area contributed by atoms with Crippen molar-refractivity contribution in [3.63, 3.8) is 0 Å². The lowest BCUT2D eigenvalue weighted by Gasteiger charge is -2.36. The Morgan fingerprint density at radius 2 is 0.759 bits per heavy atom. The lowest BCUT2D eigenvalue weighted by Crippen LogP contribution is -2.28. The molecule has 1 saturated carbocycles. The predicted octanol–water partition coefficient (Wildman–Crippen LogP) is 7.86. The summed E-state index contributed by atoms with van der Waals surface area (Å²) in [6.07, 6.45) is 17.4. The summed E-state index contributed by atoms with van der Waals surface area (Å²) in [6, 6.07) is 15.6. The fourth-order valence-corrected chi connectivity index (χ4v) is 5.19. The summed E-state index contributed by atoms with van der Waals surface area (Å²) in [7, 11) is 0. The first-order chi connectivity index (χ1) is 14.2. The molecule has 0 radical (unpaired) electrons. The number of benzene rings is 2. The quantitative estimate of drug-likeness (QED) is 0.544. The zero-order valence-electron chi connectivity index (χ0n) is 17.9. The highest BCUT2D eigenvalue weighted by atomic mass is 16.3. The highest BCUT2D eigenvalue weighted by molar-refractivity contribution is 5.51. The first-order valence-electron chi connectivity index (χ1n) is 11.8. The van der Waals surface area contributed by atoms with Crippen molar-refractivity contribution in [1.82, 2.24) is 0 Å². The van der Waals surface area contributed by atoms with Crippen molar-refractivity contribution < 1.29 is 10.2 Å². The number of aromatic hydroxyl groups is 2. The van der Waals surface area contributed by atoms with E-state index in [9.17, 15) is 10.2 Å². The highest BCUT2D eigenvalue weighted by Gasteiger charge is 2.37. The second-order valence-corrected chi connectivity index (χ2v) is 8.86. The maximum absolute atomic E-state index is 10.8. The van der Waals surface area contributed by atoms with Crippen molar-refractivity contribution >= 4 is 0 Å². The van der Waals surface area contributed by atoms with Crippen LogP contribution in [-0.4, -0.2) is 10.2 Å². The Hall–Kier alpha value is -1.96. The van der Waals surface area contributed by atoms with E-state index in [4.69, 9.17) is 0 Å². The van der Waals surface area contributed by atoms with Crippen molar-refractivity contribution in [2.75, 3.05) is 0 Å². The Labute approximate surface area is 177 Å². The summed E-state index contributed by atoms with van der Waals surface area (Å²) in [5.41, 5.74) is 1.63. The van der Waals surface area contributed by atoms with E-state index in [0.29, 0.717) is 11.5 Å². The number of phenols is 2. The van der Waals surface area contributed by atoms with E-state index in [1.54, 1.807) is 12.1 Å². The molecule has 158 valence electrons. The van der Waals surface area contributed by atoms with E-state index < -0.39 is 0 Å². The standard InChI is InChI=1S/C27H38O2/c28-25-19-13-11-17-23(25)27(24-18-12-14-20-26(24)29)21-15-9-7-5-3-1-2-4-6-8-10-16-22-27/h11-14,17-20,28-29H,1-10,15-16,21-22H2. The Morgan fingerprint density at radius 3 is 1.10 bits per heavy atom. The Kier molecular flexibility index (Phi) is 8.46. The van der Waals surface area contributed by atoms with Crippen LogP contribution in [0.5, 0.6) is 11.5 Å². The van der Waals surface area contributed by atoms with Gasteiger partial charge in [0.15, 0.2) is 0 Å². The average molecular weight is 395 g/mol. The maximum atomic E-state index is 10.8. The Morgan fingerprint density at radius 1 is 0.448 bits per heavy atom. The van der Waals surface area contributed by atoms with Gasteiger partial charge in [-0.2, -0.15) is 0 Å². The van der Waals surface area contributed by atoms with Gasteiger partial charge in [-0.3, -0.25) is 0 Å². The molecule has 3 rings (SSSR count). The zero-order chi connectivity index (χ0) is 20.4. The normalized spacial score (nSPS) is 19.7. The minimum absolute atomic E-state index is 0.323. The molecule has 0 heterocycles. The largest absolute Gasteiger partial charge is 0.508 e. The molecule has 0 aromatic heterocycles. The molecule has 2 aromatic carbocycles. The van der Waals surface area contributed by atoms with E-state index in [-0.39, 0.29) is 5.41 Å². The number of hydrogen-bond acceptors (Lipinski definition) is 2. The van der Waals surface area contributed by atoms with Gasteiger partial charge in [0.1, 0.15) is 11.5 Å². The van der Waals surface area contributed by atoms with Gasteiger partial charge in [-0.1, -0.05) is 113 Å². The Bertz CT molecular complexity index is 673. The van der Waals surface area contributed by atoms with E-state index >= 15 is 0 Å². The van der Waals surface area contributed by atoms with Gasteiger partial charge in [-0.05, 0) is 25.0 Å². The lowest BCUT2D eigenvalue weighted by atomic mass is 9.67. The van der Waals surface area contributed by atoms with Gasteiger partial charge in [0, 0.05) is 16.5 Å². The second kappa shape index (κ2) is 11.3. The molecular weight excluding hydrogens is 356 g/mol. The number of phenolic OH excluding ortho intramolecular Hbond substituents is 2. The molecule has 29 heavy (non-hydrogen) atoms. The molecule has 2 aromatic rings. The summed E-state index contributed by atoms with van der Waals surface area (Å²) >= 11 is 0. The Balaban J connectivity index is 1.95. The van der Waals surface area contributed by atoms with Crippen LogP contribution in [-0.2, 0) is 5.41 Å². The van der Waals surface area contributed by atoms with Crippen LogP contribution in [0.1, 0.15) is 101 Å². The molecule has 0 aliphatic heterocycles. The third kappa shape index (κ3) is 5.78. The minimum atomic E-state index is -0.323. The van der Waals surface area contributed by atoms with Crippen LogP contribution in [0.2, 0.25) is 0 Å². The van der Waals surface area contributed by atoms with Crippen molar-refractivity contribution in [2.24, 2.45) is 0 Å². The van der Waals surface area contributed by atoms with Gasteiger partial charge < -0.3 is 10.2 Å². The third-order valence-corrected chi connectivity index (χ3v) is 6.80. The molecule has 2 heteroatoms. The molecule has 1 aliphatic carbocycles. The fourth-order valence-electron chi connectivity index (χ4n) is 5.19. The fraction of sp³-hybridized carbons (Fsp3) is 0.556. The maximum Gasteiger partial charge on any atom is 0.119 e. The molecule has 0 amide bonds. The van der Waals surface area contributed by atoms with Crippen LogP contribution >= 0.6 is 0 Å². The summed E-state index contributed by atoms with van der Waals surface area (Å²) in [6.45, 7) is 0. The molecule has 1 aliphatic rings. The van der Waals surface area contributed by atoms with Crippen molar-refractivity contribution in [3.8, 4) is 11.5 Å². The first kappa shape index (κ1) is 21.7. The zero-order valence-corrected chi connectivity index (χ0v) is 17.9. The molecule has 0 unspecified atom stereocenters. The SMILES string of the molecule is Oc1ccccc1C1(c2ccccc2O)CCCCCCCCCCCCCC1.